The molecule has 1 fully saturated rings. The Labute approximate surface area is 178 Å². The van der Waals surface area contributed by atoms with Crippen molar-refractivity contribution in [3.05, 3.63) is 55.0 Å². The minimum absolute atomic E-state index is 0.130. The summed E-state index contributed by atoms with van der Waals surface area (Å²) in [5.74, 6) is 0.130. The van der Waals surface area contributed by atoms with Gasteiger partial charge in [-0.15, -0.1) is 0 Å². The molecule has 7 nitrogen and oxygen atoms in total. The molecule has 0 spiro atoms. The van der Waals surface area contributed by atoms with Crippen LogP contribution in [-0.2, 0) is 0 Å². The van der Waals surface area contributed by atoms with Crippen LogP contribution >= 0.6 is 0 Å². The number of rotatable bonds is 3. The molecule has 31 heavy (non-hydrogen) atoms. The number of pyridine rings is 2. The maximum atomic E-state index is 9.78. The van der Waals surface area contributed by atoms with E-state index in [9.17, 15) is 5.11 Å². The number of anilines is 1. The number of nitrogens with one attached hydrogen (secondary N) is 2. The summed E-state index contributed by atoms with van der Waals surface area (Å²) < 4.78 is 0. The highest BCUT2D eigenvalue weighted by Gasteiger charge is 2.17. The molecule has 0 amide bonds. The quantitative estimate of drug-likeness (QED) is 0.395. The van der Waals surface area contributed by atoms with Gasteiger partial charge >= 0.3 is 0 Å². The first-order valence-electron chi connectivity index (χ1n) is 10.6. The average Bonchev–Trinajstić information content (AvgIpc) is 3.43. The zero-order chi connectivity index (χ0) is 20.8. The first-order chi connectivity index (χ1) is 15.3. The monoisotopic (exact) mass is 410 g/mol. The summed E-state index contributed by atoms with van der Waals surface area (Å²) in [5.41, 5.74) is 6.59. The topological polar surface area (TPSA) is 93.7 Å². The minimum atomic E-state index is 0.130. The molecule has 0 radical (unpaired) electrons. The fourth-order valence-electron chi connectivity index (χ4n) is 4.53. The van der Waals surface area contributed by atoms with Crippen LogP contribution < -0.4 is 4.90 Å². The minimum Gasteiger partial charge on any atom is -0.506 e. The largest absolute Gasteiger partial charge is 0.506 e. The molecular weight excluding hydrogens is 388 g/mol. The predicted octanol–water partition coefficient (Wildman–Crippen LogP) is 4.86. The molecule has 1 aliphatic heterocycles. The van der Waals surface area contributed by atoms with Gasteiger partial charge in [0.15, 0.2) is 5.65 Å². The molecule has 0 atom stereocenters. The van der Waals surface area contributed by atoms with Crippen LogP contribution in [0.1, 0.15) is 19.3 Å². The summed E-state index contributed by atoms with van der Waals surface area (Å²) in [5, 5.41) is 19.5. The molecule has 0 bridgehead atoms. The zero-order valence-electron chi connectivity index (χ0n) is 17.0. The van der Waals surface area contributed by atoms with E-state index in [0.29, 0.717) is 0 Å². The number of hydrogen-bond acceptors (Lipinski definition) is 5. The van der Waals surface area contributed by atoms with Crippen LogP contribution in [0.15, 0.2) is 55.0 Å². The van der Waals surface area contributed by atoms with E-state index in [1.165, 1.54) is 36.5 Å². The van der Waals surface area contributed by atoms with Gasteiger partial charge in [0.2, 0.25) is 0 Å². The number of benzene rings is 1. The number of nitrogens with zero attached hydrogens (tertiary/aromatic N) is 4. The number of H-pyrrole nitrogens is 2. The van der Waals surface area contributed by atoms with Gasteiger partial charge in [0, 0.05) is 58.6 Å². The van der Waals surface area contributed by atoms with Crippen LogP contribution in [0.2, 0.25) is 0 Å². The van der Waals surface area contributed by atoms with Crippen molar-refractivity contribution in [2.24, 2.45) is 0 Å². The summed E-state index contributed by atoms with van der Waals surface area (Å²) >= 11 is 0. The highest BCUT2D eigenvalue weighted by Crippen LogP contribution is 2.35. The van der Waals surface area contributed by atoms with Crippen molar-refractivity contribution in [1.82, 2.24) is 25.1 Å². The standard InChI is InChI=1S/C24H22N6O/c31-17-9-15(12-25-14-17)16-10-19-23(28-29-24(19)26-13-16)21-11-18-20(27-21)5-4-6-22(18)30-7-2-1-3-8-30/h4-6,9-14,27,31H,1-3,7-8H2,(H,26,28,29). The Kier molecular flexibility index (Phi) is 4.12. The first kappa shape index (κ1) is 17.9. The van der Waals surface area contributed by atoms with Crippen LogP contribution in [0, 0.1) is 0 Å². The zero-order valence-corrected chi connectivity index (χ0v) is 17.0. The van der Waals surface area contributed by atoms with Gasteiger partial charge in [-0.3, -0.25) is 10.1 Å². The first-order valence-corrected chi connectivity index (χ1v) is 10.6. The van der Waals surface area contributed by atoms with Crippen molar-refractivity contribution >= 4 is 27.6 Å². The van der Waals surface area contributed by atoms with Crippen LogP contribution in [0.3, 0.4) is 0 Å². The van der Waals surface area contributed by atoms with Crippen molar-refractivity contribution in [2.45, 2.75) is 19.3 Å². The van der Waals surface area contributed by atoms with Crippen LogP contribution in [0.4, 0.5) is 5.69 Å². The van der Waals surface area contributed by atoms with Gasteiger partial charge in [-0.25, -0.2) is 4.98 Å². The van der Waals surface area contributed by atoms with E-state index in [4.69, 9.17) is 0 Å². The summed E-state index contributed by atoms with van der Waals surface area (Å²) in [7, 11) is 0. The highest BCUT2D eigenvalue weighted by atomic mass is 16.3. The lowest BCUT2D eigenvalue weighted by Crippen LogP contribution is -2.29. The molecule has 5 heterocycles. The summed E-state index contributed by atoms with van der Waals surface area (Å²) in [6, 6.07) is 12.4. The van der Waals surface area contributed by atoms with E-state index in [0.717, 1.165) is 52.2 Å². The lowest BCUT2D eigenvalue weighted by Gasteiger charge is -2.29. The van der Waals surface area contributed by atoms with Crippen molar-refractivity contribution in [3.63, 3.8) is 0 Å². The van der Waals surface area contributed by atoms with Crippen molar-refractivity contribution in [1.29, 1.82) is 0 Å². The molecule has 3 N–H and O–H groups in total. The molecule has 7 heteroatoms. The van der Waals surface area contributed by atoms with Crippen molar-refractivity contribution in [3.8, 4) is 28.3 Å². The Bertz CT molecular complexity index is 1400. The summed E-state index contributed by atoms with van der Waals surface area (Å²) in [6.45, 7) is 2.21. The van der Waals surface area contributed by atoms with Crippen LogP contribution in [0.5, 0.6) is 5.75 Å². The fourth-order valence-corrected chi connectivity index (χ4v) is 4.53. The Morgan fingerprint density at radius 2 is 1.77 bits per heavy atom. The lowest BCUT2D eigenvalue weighted by atomic mass is 10.1. The molecule has 5 aromatic rings. The van der Waals surface area contributed by atoms with Crippen LogP contribution in [0.25, 0.3) is 44.5 Å². The number of fused-ring (bicyclic) bond motifs is 2. The van der Waals surface area contributed by atoms with Gasteiger partial charge < -0.3 is 15.0 Å². The highest BCUT2D eigenvalue weighted by molar-refractivity contribution is 6.00. The SMILES string of the molecule is Oc1cncc(-c2cnc3[nH]nc(-c4cc5c(N6CCCCC6)cccc5[nH]4)c3c2)c1. The molecular formula is C24H22N6O. The fraction of sp³-hybridized carbons (Fsp3) is 0.208. The summed E-state index contributed by atoms with van der Waals surface area (Å²) in [6.07, 6.45) is 8.71. The molecule has 4 aromatic heterocycles. The average molecular weight is 410 g/mol. The Morgan fingerprint density at radius 3 is 2.65 bits per heavy atom. The van der Waals surface area contributed by atoms with E-state index >= 15 is 0 Å². The van der Waals surface area contributed by atoms with Gasteiger partial charge in [-0.1, -0.05) is 6.07 Å². The van der Waals surface area contributed by atoms with E-state index in [1.54, 1.807) is 18.5 Å². The number of piperidine rings is 1. The van der Waals surface area contributed by atoms with E-state index < -0.39 is 0 Å². The Hall–Kier alpha value is -3.87. The molecule has 1 saturated heterocycles. The van der Waals surface area contributed by atoms with E-state index in [2.05, 4.69) is 54.3 Å². The Morgan fingerprint density at radius 1 is 0.903 bits per heavy atom. The number of aromatic hydroxyl groups is 1. The molecule has 0 unspecified atom stereocenters. The van der Waals surface area contributed by atoms with Crippen molar-refractivity contribution in [2.75, 3.05) is 18.0 Å². The van der Waals surface area contributed by atoms with Crippen molar-refractivity contribution < 1.29 is 5.11 Å². The van der Waals surface area contributed by atoms with Gasteiger partial charge in [0.05, 0.1) is 11.9 Å². The molecule has 1 aromatic carbocycles. The maximum Gasteiger partial charge on any atom is 0.155 e. The second-order valence-corrected chi connectivity index (χ2v) is 8.09. The maximum absolute atomic E-state index is 9.78. The third-order valence-corrected chi connectivity index (χ3v) is 6.07. The number of aromatic nitrogens is 5. The second kappa shape index (κ2) is 7.12. The number of aromatic amines is 2. The summed E-state index contributed by atoms with van der Waals surface area (Å²) in [4.78, 5) is 14.6. The third kappa shape index (κ3) is 3.09. The predicted molar refractivity (Wildman–Crippen MR) is 122 cm³/mol. The Balaban J connectivity index is 1.46. The van der Waals surface area contributed by atoms with E-state index in [1.807, 2.05) is 6.07 Å². The molecule has 6 rings (SSSR count). The molecule has 1 aliphatic rings. The molecule has 0 aliphatic carbocycles. The third-order valence-electron chi connectivity index (χ3n) is 6.07. The normalized spacial score (nSPS) is 14.5. The van der Waals surface area contributed by atoms with E-state index in [-0.39, 0.29) is 5.75 Å². The van der Waals surface area contributed by atoms with Crippen LogP contribution in [-0.4, -0.2) is 43.3 Å². The second-order valence-electron chi connectivity index (χ2n) is 8.09. The van der Waals surface area contributed by atoms with Gasteiger partial charge in [-0.05, 0) is 49.6 Å². The number of hydrogen-bond donors (Lipinski definition) is 3. The molecule has 0 saturated carbocycles. The smallest absolute Gasteiger partial charge is 0.155 e. The van der Waals surface area contributed by atoms with Gasteiger partial charge in [0.25, 0.3) is 0 Å². The lowest BCUT2D eigenvalue weighted by molar-refractivity contribution is 0.473. The van der Waals surface area contributed by atoms with Gasteiger partial charge in [0.1, 0.15) is 11.4 Å². The molecule has 154 valence electrons. The van der Waals surface area contributed by atoms with Gasteiger partial charge in [-0.2, -0.15) is 5.10 Å².